The molecule has 0 aromatic carbocycles. The van der Waals surface area contributed by atoms with Gasteiger partial charge in [-0.15, -0.1) is 0 Å². The molecule has 0 saturated heterocycles. The van der Waals surface area contributed by atoms with Crippen molar-refractivity contribution in [3.8, 4) is 0 Å². The van der Waals surface area contributed by atoms with Crippen LogP contribution in [0.2, 0.25) is 0 Å². The average molecular weight is 253 g/mol. The molecule has 102 valence electrons. The summed E-state index contributed by atoms with van der Waals surface area (Å²) in [7, 11) is 0. The second-order valence-electron chi connectivity index (χ2n) is 5.16. The van der Waals surface area contributed by atoms with E-state index in [1.54, 1.807) is 4.68 Å². The second kappa shape index (κ2) is 6.54. The molecule has 2 N–H and O–H groups in total. The third kappa shape index (κ3) is 4.49. The number of carbonyl (C=O) groups excluding carboxylic acids is 1. The molecule has 5 nitrogen and oxygen atoms in total. The Morgan fingerprint density at radius 1 is 1.50 bits per heavy atom. The number of rotatable bonds is 6. The molecule has 1 atom stereocenters. The van der Waals surface area contributed by atoms with Crippen LogP contribution in [0.5, 0.6) is 0 Å². The van der Waals surface area contributed by atoms with Crippen molar-refractivity contribution < 1.29 is 9.90 Å². The lowest BCUT2D eigenvalue weighted by Crippen LogP contribution is -2.40. The Morgan fingerprint density at radius 2 is 2.17 bits per heavy atom. The van der Waals surface area contributed by atoms with Gasteiger partial charge < -0.3 is 10.4 Å². The van der Waals surface area contributed by atoms with Gasteiger partial charge in [0.05, 0.1) is 18.3 Å². The number of aromatic nitrogens is 2. The van der Waals surface area contributed by atoms with E-state index in [0.717, 1.165) is 17.8 Å². The molecule has 1 amide bonds. The van der Waals surface area contributed by atoms with E-state index in [2.05, 4.69) is 24.3 Å². The summed E-state index contributed by atoms with van der Waals surface area (Å²) in [5.74, 6) is 0.331. The van der Waals surface area contributed by atoms with Crippen LogP contribution in [0.1, 0.15) is 31.7 Å². The van der Waals surface area contributed by atoms with E-state index >= 15 is 0 Å². The fraction of sp³-hybridized carbons (Fsp3) is 0.692. The molecular formula is C13H23N3O2. The normalized spacial score (nSPS) is 12.8. The highest BCUT2D eigenvalue weighted by molar-refractivity contribution is 5.76. The van der Waals surface area contributed by atoms with Gasteiger partial charge in [-0.3, -0.25) is 9.48 Å². The van der Waals surface area contributed by atoms with Crippen LogP contribution in [0.15, 0.2) is 6.07 Å². The Labute approximate surface area is 108 Å². The van der Waals surface area contributed by atoms with Crippen LogP contribution < -0.4 is 5.32 Å². The van der Waals surface area contributed by atoms with Gasteiger partial charge in [0.2, 0.25) is 5.91 Å². The maximum atomic E-state index is 11.8. The Bertz CT molecular complexity index is 399. The van der Waals surface area contributed by atoms with E-state index in [1.807, 2.05) is 19.9 Å². The van der Waals surface area contributed by atoms with E-state index in [0.29, 0.717) is 5.92 Å². The molecule has 1 aromatic heterocycles. The predicted molar refractivity (Wildman–Crippen MR) is 70.2 cm³/mol. The largest absolute Gasteiger partial charge is 0.394 e. The van der Waals surface area contributed by atoms with Gasteiger partial charge in [0.25, 0.3) is 0 Å². The van der Waals surface area contributed by atoms with Crippen molar-refractivity contribution in [3.05, 3.63) is 17.5 Å². The van der Waals surface area contributed by atoms with E-state index in [4.69, 9.17) is 0 Å². The maximum absolute atomic E-state index is 11.8. The van der Waals surface area contributed by atoms with Crippen molar-refractivity contribution in [1.29, 1.82) is 0 Å². The molecule has 0 aliphatic carbocycles. The molecule has 18 heavy (non-hydrogen) atoms. The van der Waals surface area contributed by atoms with Crippen LogP contribution in [0.3, 0.4) is 0 Å². The Kier molecular flexibility index (Phi) is 5.34. The Balaban J connectivity index is 2.52. The van der Waals surface area contributed by atoms with E-state index in [9.17, 15) is 9.90 Å². The quantitative estimate of drug-likeness (QED) is 0.795. The van der Waals surface area contributed by atoms with Crippen molar-refractivity contribution in [2.75, 3.05) is 6.61 Å². The average Bonchev–Trinajstić information content (AvgIpc) is 2.55. The fourth-order valence-corrected chi connectivity index (χ4v) is 1.99. The summed E-state index contributed by atoms with van der Waals surface area (Å²) in [6.07, 6.45) is 0.777. The molecule has 0 fully saturated rings. The topological polar surface area (TPSA) is 67.2 Å². The third-order valence-electron chi connectivity index (χ3n) is 2.74. The lowest BCUT2D eigenvalue weighted by atomic mass is 10.0. The summed E-state index contributed by atoms with van der Waals surface area (Å²) in [6, 6.07) is 1.76. The number of nitrogens with zero attached hydrogens (tertiary/aromatic N) is 2. The number of aryl methyl sites for hydroxylation is 2. The molecule has 1 aromatic rings. The lowest BCUT2D eigenvalue weighted by Gasteiger charge is -2.18. The molecule has 0 bridgehead atoms. The van der Waals surface area contributed by atoms with Gasteiger partial charge in [-0.2, -0.15) is 5.10 Å². The van der Waals surface area contributed by atoms with Gasteiger partial charge >= 0.3 is 0 Å². The zero-order valence-corrected chi connectivity index (χ0v) is 11.6. The fourth-order valence-electron chi connectivity index (χ4n) is 1.99. The first kappa shape index (κ1) is 14.7. The van der Waals surface area contributed by atoms with Crippen LogP contribution in [-0.2, 0) is 11.3 Å². The number of hydrogen-bond donors (Lipinski definition) is 2. The number of aliphatic hydroxyl groups is 1. The number of amides is 1. The molecule has 1 rings (SSSR count). The second-order valence-corrected chi connectivity index (χ2v) is 5.16. The van der Waals surface area contributed by atoms with Gasteiger partial charge in [0, 0.05) is 5.69 Å². The van der Waals surface area contributed by atoms with E-state index in [1.165, 1.54) is 0 Å². The maximum Gasteiger partial charge on any atom is 0.242 e. The van der Waals surface area contributed by atoms with Crippen LogP contribution in [-0.4, -0.2) is 33.4 Å². The summed E-state index contributed by atoms with van der Waals surface area (Å²) in [6.45, 7) is 8.13. The number of hydrogen-bond acceptors (Lipinski definition) is 3. The van der Waals surface area contributed by atoms with Crippen LogP contribution in [0, 0.1) is 19.8 Å². The summed E-state index contributed by atoms with van der Waals surface area (Å²) in [5.41, 5.74) is 1.87. The van der Waals surface area contributed by atoms with Gasteiger partial charge in [-0.25, -0.2) is 0 Å². The molecule has 0 aliphatic heterocycles. The standard InChI is InChI=1S/C13H23N3O2/c1-9(2)5-12(8-17)14-13(18)7-16-11(4)6-10(3)15-16/h6,9,12,17H,5,7-8H2,1-4H3,(H,14,18). The van der Waals surface area contributed by atoms with Crippen LogP contribution in [0.4, 0.5) is 0 Å². The minimum absolute atomic E-state index is 0.0267. The van der Waals surface area contributed by atoms with E-state index in [-0.39, 0.29) is 25.1 Å². The Morgan fingerprint density at radius 3 is 2.61 bits per heavy atom. The highest BCUT2D eigenvalue weighted by Gasteiger charge is 2.14. The van der Waals surface area contributed by atoms with Crippen molar-refractivity contribution in [3.63, 3.8) is 0 Å². The molecule has 0 radical (unpaired) electrons. The minimum Gasteiger partial charge on any atom is -0.394 e. The summed E-state index contributed by atoms with van der Waals surface area (Å²) in [5, 5.41) is 16.3. The smallest absolute Gasteiger partial charge is 0.242 e. The van der Waals surface area contributed by atoms with Crippen molar-refractivity contribution >= 4 is 5.91 Å². The molecule has 1 heterocycles. The van der Waals surface area contributed by atoms with Crippen molar-refractivity contribution in [1.82, 2.24) is 15.1 Å². The third-order valence-corrected chi connectivity index (χ3v) is 2.74. The predicted octanol–water partition coefficient (Wildman–Crippen LogP) is 1.02. The number of carbonyl (C=O) groups is 1. The first-order valence-electron chi connectivity index (χ1n) is 6.33. The van der Waals surface area contributed by atoms with Crippen LogP contribution >= 0.6 is 0 Å². The van der Waals surface area contributed by atoms with Gasteiger partial charge in [-0.05, 0) is 32.3 Å². The molecule has 0 aliphatic rings. The molecule has 1 unspecified atom stereocenters. The molecular weight excluding hydrogens is 230 g/mol. The lowest BCUT2D eigenvalue weighted by molar-refractivity contribution is -0.123. The zero-order valence-electron chi connectivity index (χ0n) is 11.6. The highest BCUT2D eigenvalue weighted by Crippen LogP contribution is 2.05. The summed E-state index contributed by atoms with van der Waals surface area (Å²) in [4.78, 5) is 11.8. The minimum atomic E-state index is -0.172. The monoisotopic (exact) mass is 253 g/mol. The SMILES string of the molecule is Cc1cc(C)n(CC(=O)NC(CO)CC(C)C)n1. The van der Waals surface area contributed by atoms with Gasteiger partial charge in [-0.1, -0.05) is 13.8 Å². The van der Waals surface area contributed by atoms with Crippen LogP contribution in [0.25, 0.3) is 0 Å². The van der Waals surface area contributed by atoms with E-state index < -0.39 is 0 Å². The summed E-state index contributed by atoms with van der Waals surface area (Å²) >= 11 is 0. The molecule has 0 spiro atoms. The first-order valence-corrected chi connectivity index (χ1v) is 6.33. The van der Waals surface area contributed by atoms with Crippen molar-refractivity contribution in [2.45, 2.75) is 46.7 Å². The molecule has 5 heteroatoms. The highest BCUT2D eigenvalue weighted by atomic mass is 16.3. The molecule has 0 saturated carbocycles. The van der Waals surface area contributed by atoms with Crippen molar-refractivity contribution in [2.24, 2.45) is 5.92 Å². The Hall–Kier alpha value is -1.36. The number of nitrogens with one attached hydrogen (secondary N) is 1. The first-order chi connectivity index (χ1) is 8.42. The summed E-state index contributed by atoms with van der Waals surface area (Å²) < 4.78 is 1.68. The number of aliphatic hydroxyl groups excluding tert-OH is 1. The zero-order chi connectivity index (χ0) is 13.7. The van der Waals surface area contributed by atoms with Gasteiger partial charge in [0.1, 0.15) is 6.54 Å². The van der Waals surface area contributed by atoms with Gasteiger partial charge in [0.15, 0.2) is 0 Å².